The van der Waals surface area contributed by atoms with Gasteiger partial charge in [0.15, 0.2) is 0 Å². The molecule has 2 amide bonds. The van der Waals surface area contributed by atoms with E-state index >= 15 is 0 Å². The second kappa shape index (κ2) is 8.99. The number of carbonyl (C=O) groups is 2. The molecule has 1 aliphatic rings. The van der Waals surface area contributed by atoms with Crippen molar-refractivity contribution in [2.45, 2.75) is 39.0 Å². The second-order valence-corrected chi connectivity index (χ2v) is 9.99. The molecule has 8 nitrogen and oxygen atoms in total. The van der Waals surface area contributed by atoms with Gasteiger partial charge in [0.25, 0.3) is 11.8 Å². The van der Waals surface area contributed by atoms with Crippen molar-refractivity contribution < 1.29 is 28.6 Å². The van der Waals surface area contributed by atoms with Gasteiger partial charge in [0, 0.05) is 11.4 Å². The predicted octanol–water partition coefficient (Wildman–Crippen LogP) is 3.49. The maximum absolute atomic E-state index is 14.9. The van der Waals surface area contributed by atoms with Crippen LogP contribution < -0.4 is 11.1 Å². The number of aromatic nitrogens is 1. The maximum atomic E-state index is 14.9. The summed E-state index contributed by atoms with van der Waals surface area (Å²) in [6, 6.07) is 6.52. The summed E-state index contributed by atoms with van der Waals surface area (Å²) in [6.07, 6.45) is -0.688. The number of hydrogen-bond donors (Lipinski definition) is 4. The molecule has 1 atom stereocenters. The zero-order valence-electron chi connectivity index (χ0n) is 19.2. The van der Waals surface area contributed by atoms with Crippen molar-refractivity contribution in [2.75, 3.05) is 11.9 Å². The first-order valence-electron chi connectivity index (χ1n) is 10.8. The van der Waals surface area contributed by atoms with E-state index in [-0.39, 0.29) is 45.6 Å². The van der Waals surface area contributed by atoms with Crippen LogP contribution in [0.2, 0.25) is 0 Å². The highest BCUT2D eigenvalue weighted by atomic mass is 32.1. The normalized spacial score (nSPS) is 14.3. The molecule has 2 aromatic heterocycles. The van der Waals surface area contributed by atoms with Crippen LogP contribution in [0.25, 0.3) is 10.4 Å². The summed E-state index contributed by atoms with van der Waals surface area (Å²) in [7, 11) is 0. The SMILES string of the molecule is C[C@H](O)CN1Cc2nc(Nc3sc(-c4c(F)cc(C(C)(C)O)cc4F)cc3C(N)=O)ccc2C1=O. The third-order valence-electron chi connectivity index (χ3n) is 5.55. The highest BCUT2D eigenvalue weighted by molar-refractivity contribution is 7.20. The van der Waals surface area contributed by atoms with Crippen molar-refractivity contribution in [3.63, 3.8) is 0 Å². The van der Waals surface area contributed by atoms with Gasteiger partial charge in [-0.25, -0.2) is 13.8 Å². The fraction of sp³-hybridized carbons (Fsp3) is 0.292. The summed E-state index contributed by atoms with van der Waals surface area (Å²) in [5.41, 5.74) is 4.71. The molecule has 5 N–H and O–H groups in total. The van der Waals surface area contributed by atoms with Crippen LogP contribution in [0.5, 0.6) is 0 Å². The third-order valence-corrected chi connectivity index (χ3v) is 6.62. The van der Waals surface area contributed by atoms with E-state index in [1.807, 2.05) is 0 Å². The number of β-amino-alcohol motifs (C(OH)–C–C–N with tert-alkyl or cyclic N) is 1. The Labute approximate surface area is 204 Å². The van der Waals surface area contributed by atoms with Gasteiger partial charge in [-0.05, 0) is 56.7 Å². The van der Waals surface area contributed by atoms with E-state index in [0.29, 0.717) is 17.1 Å². The number of pyridine rings is 1. The van der Waals surface area contributed by atoms with Crippen LogP contribution in [0, 0.1) is 11.6 Å². The van der Waals surface area contributed by atoms with E-state index in [1.54, 1.807) is 19.1 Å². The third kappa shape index (κ3) is 4.88. The summed E-state index contributed by atoms with van der Waals surface area (Å²) in [5.74, 6) is -2.51. The zero-order valence-corrected chi connectivity index (χ0v) is 20.0. The lowest BCUT2D eigenvalue weighted by atomic mass is 9.96. The van der Waals surface area contributed by atoms with E-state index in [0.717, 1.165) is 23.5 Å². The highest BCUT2D eigenvalue weighted by Gasteiger charge is 2.30. The van der Waals surface area contributed by atoms with Crippen LogP contribution >= 0.6 is 11.3 Å². The molecule has 11 heteroatoms. The van der Waals surface area contributed by atoms with Gasteiger partial charge in [-0.3, -0.25) is 9.59 Å². The van der Waals surface area contributed by atoms with Gasteiger partial charge < -0.3 is 26.2 Å². The number of benzene rings is 1. The summed E-state index contributed by atoms with van der Waals surface area (Å²) >= 11 is 0.915. The van der Waals surface area contributed by atoms with Crippen molar-refractivity contribution in [3.05, 3.63) is 64.4 Å². The van der Waals surface area contributed by atoms with Crippen LogP contribution in [0.4, 0.5) is 19.6 Å². The second-order valence-electron chi connectivity index (χ2n) is 8.94. The molecule has 1 aliphatic heterocycles. The number of aliphatic hydroxyl groups is 2. The molecule has 3 heterocycles. The van der Waals surface area contributed by atoms with Gasteiger partial charge in [0.2, 0.25) is 0 Å². The number of anilines is 2. The lowest BCUT2D eigenvalue weighted by Gasteiger charge is -2.18. The number of primary amides is 1. The van der Waals surface area contributed by atoms with E-state index in [1.165, 1.54) is 24.8 Å². The van der Waals surface area contributed by atoms with Crippen LogP contribution in [-0.2, 0) is 12.1 Å². The Balaban J connectivity index is 1.67. The topological polar surface area (TPSA) is 129 Å². The van der Waals surface area contributed by atoms with Crippen molar-refractivity contribution in [1.29, 1.82) is 0 Å². The van der Waals surface area contributed by atoms with E-state index in [9.17, 15) is 28.6 Å². The van der Waals surface area contributed by atoms with Crippen molar-refractivity contribution in [2.24, 2.45) is 5.73 Å². The van der Waals surface area contributed by atoms with E-state index in [2.05, 4.69) is 10.3 Å². The minimum Gasteiger partial charge on any atom is -0.392 e. The predicted molar refractivity (Wildman–Crippen MR) is 127 cm³/mol. The summed E-state index contributed by atoms with van der Waals surface area (Å²) in [5, 5.41) is 22.9. The molecule has 0 fully saturated rings. The average molecular weight is 503 g/mol. The molecule has 184 valence electrons. The monoisotopic (exact) mass is 502 g/mol. The van der Waals surface area contributed by atoms with Crippen LogP contribution in [0.1, 0.15) is 52.7 Å². The molecule has 4 rings (SSSR count). The number of hydrogen-bond acceptors (Lipinski definition) is 7. The zero-order chi connectivity index (χ0) is 25.7. The number of nitrogens with one attached hydrogen (secondary N) is 1. The van der Waals surface area contributed by atoms with Gasteiger partial charge in [0.05, 0.1) is 40.6 Å². The lowest BCUT2D eigenvalue weighted by Crippen LogP contribution is -2.31. The van der Waals surface area contributed by atoms with Crippen LogP contribution in [0.15, 0.2) is 30.3 Å². The number of nitrogens with zero attached hydrogens (tertiary/aromatic N) is 2. The van der Waals surface area contributed by atoms with Gasteiger partial charge in [-0.15, -0.1) is 11.3 Å². The Hall–Kier alpha value is -3.41. The molecule has 0 aliphatic carbocycles. The Bertz CT molecular complexity index is 1310. The molecule has 1 aromatic carbocycles. The lowest BCUT2D eigenvalue weighted by molar-refractivity contribution is 0.0671. The Kier molecular flexibility index (Phi) is 6.34. The molecule has 35 heavy (non-hydrogen) atoms. The number of aliphatic hydroxyl groups excluding tert-OH is 1. The number of amides is 2. The van der Waals surface area contributed by atoms with E-state index in [4.69, 9.17) is 5.73 Å². The first-order chi connectivity index (χ1) is 16.3. The first-order valence-corrected chi connectivity index (χ1v) is 11.6. The first kappa shape index (κ1) is 24.7. The fourth-order valence-corrected chi connectivity index (χ4v) is 4.96. The molecule has 0 unspecified atom stereocenters. The Morgan fingerprint density at radius 3 is 2.51 bits per heavy atom. The van der Waals surface area contributed by atoms with Gasteiger partial charge >= 0.3 is 0 Å². The standard InChI is InChI=1S/C24H24F2N4O4S/c1-11(31)9-30-10-17-13(23(30)33)4-5-19(28-17)29-22-14(21(27)32)8-18(35-22)20-15(25)6-12(7-16(20)26)24(2,3)34/h4-8,11,31,34H,9-10H2,1-3H3,(H2,27,32)(H,28,29)/t11-/m0/s1. The fourth-order valence-electron chi connectivity index (χ4n) is 3.84. The molecular formula is C24H24F2N4O4S. The minimum atomic E-state index is -1.44. The Morgan fingerprint density at radius 2 is 1.94 bits per heavy atom. The number of nitrogens with two attached hydrogens (primary N) is 1. The molecule has 0 saturated heterocycles. The largest absolute Gasteiger partial charge is 0.392 e. The number of fused-ring (bicyclic) bond motifs is 1. The van der Waals surface area contributed by atoms with Crippen molar-refractivity contribution in [1.82, 2.24) is 9.88 Å². The number of thiophene rings is 1. The van der Waals surface area contributed by atoms with Crippen molar-refractivity contribution >= 4 is 34.0 Å². The van der Waals surface area contributed by atoms with E-state index < -0.39 is 29.2 Å². The highest BCUT2D eigenvalue weighted by Crippen LogP contribution is 2.40. The van der Waals surface area contributed by atoms with Crippen molar-refractivity contribution in [3.8, 4) is 10.4 Å². The number of carbonyl (C=O) groups excluding carboxylic acids is 2. The average Bonchev–Trinajstić information content (AvgIpc) is 3.27. The number of rotatable bonds is 7. The summed E-state index contributed by atoms with van der Waals surface area (Å²) in [6.45, 7) is 4.80. The molecule has 3 aromatic rings. The molecule has 0 spiro atoms. The maximum Gasteiger partial charge on any atom is 0.256 e. The van der Waals surface area contributed by atoms with Gasteiger partial charge in [-0.2, -0.15) is 0 Å². The Morgan fingerprint density at radius 1 is 1.29 bits per heavy atom. The van der Waals surface area contributed by atoms with Crippen LogP contribution in [0.3, 0.4) is 0 Å². The quantitative estimate of drug-likeness (QED) is 0.392. The minimum absolute atomic E-state index is 0.0180. The van der Waals surface area contributed by atoms with Gasteiger partial charge in [0.1, 0.15) is 22.5 Å². The molecular weight excluding hydrogens is 478 g/mol. The molecule has 0 radical (unpaired) electrons. The summed E-state index contributed by atoms with van der Waals surface area (Å²) in [4.78, 5) is 30.6. The van der Waals surface area contributed by atoms with Gasteiger partial charge in [-0.1, -0.05) is 0 Å². The number of halogens is 2. The smallest absolute Gasteiger partial charge is 0.256 e. The van der Waals surface area contributed by atoms with Crippen LogP contribution in [-0.4, -0.2) is 44.6 Å². The molecule has 0 bridgehead atoms. The summed E-state index contributed by atoms with van der Waals surface area (Å²) < 4.78 is 29.7. The molecule has 0 saturated carbocycles.